The molecular formula is C13H22N4O. The average molecular weight is 250 g/mol. The second-order valence-corrected chi connectivity index (χ2v) is 4.43. The number of nitrogens with zero attached hydrogens (tertiary/aromatic N) is 2. The van der Waals surface area contributed by atoms with Gasteiger partial charge in [-0.3, -0.25) is 0 Å². The van der Waals surface area contributed by atoms with Gasteiger partial charge in [-0.25, -0.2) is 4.98 Å². The van der Waals surface area contributed by atoms with E-state index in [4.69, 9.17) is 10.5 Å². The van der Waals surface area contributed by atoms with Gasteiger partial charge in [0.2, 0.25) is 0 Å². The first kappa shape index (κ1) is 13.1. The third kappa shape index (κ3) is 3.85. The number of ether oxygens (including phenoxy) is 1. The number of nitrogens with two attached hydrogens (primary N) is 1. The Bertz CT molecular complexity index is 335. The molecule has 1 saturated heterocycles. The SMILES string of the molecule is NCCCCNc1ccc(N2CCOCC2)nc1. The Morgan fingerprint density at radius 3 is 2.78 bits per heavy atom. The molecule has 2 heterocycles. The van der Waals surface area contributed by atoms with E-state index in [1.165, 1.54) is 0 Å². The van der Waals surface area contributed by atoms with Crippen LogP contribution in [-0.4, -0.2) is 44.4 Å². The predicted molar refractivity (Wildman–Crippen MR) is 74.0 cm³/mol. The Kier molecular flexibility index (Phi) is 5.23. The van der Waals surface area contributed by atoms with Crippen molar-refractivity contribution in [1.29, 1.82) is 0 Å². The zero-order valence-corrected chi connectivity index (χ0v) is 10.8. The Morgan fingerprint density at radius 1 is 1.28 bits per heavy atom. The molecule has 1 aliphatic heterocycles. The minimum Gasteiger partial charge on any atom is -0.384 e. The molecule has 100 valence electrons. The molecule has 1 aromatic rings. The first-order valence-electron chi connectivity index (χ1n) is 6.63. The number of hydrogen-bond acceptors (Lipinski definition) is 5. The smallest absolute Gasteiger partial charge is 0.128 e. The molecule has 0 atom stereocenters. The maximum absolute atomic E-state index is 5.45. The van der Waals surface area contributed by atoms with Crippen molar-refractivity contribution in [2.45, 2.75) is 12.8 Å². The second-order valence-electron chi connectivity index (χ2n) is 4.43. The Morgan fingerprint density at radius 2 is 2.11 bits per heavy atom. The predicted octanol–water partition coefficient (Wildman–Crippen LogP) is 1.07. The number of hydrogen-bond donors (Lipinski definition) is 2. The van der Waals surface area contributed by atoms with Gasteiger partial charge < -0.3 is 20.7 Å². The first-order chi connectivity index (χ1) is 8.90. The number of anilines is 2. The number of aromatic nitrogens is 1. The number of morpholine rings is 1. The van der Waals surface area contributed by atoms with Crippen LogP contribution in [0, 0.1) is 0 Å². The van der Waals surface area contributed by atoms with E-state index in [0.717, 1.165) is 63.7 Å². The molecule has 0 spiro atoms. The molecule has 1 fully saturated rings. The summed E-state index contributed by atoms with van der Waals surface area (Å²) in [4.78, 5) is 6.74. The molecular weight excluding hydrogens is 228 g/mol. The fraction of sp³-hybridized carbons (Fsp3) is 0.615. The summed E-state index contributed by atoms with van der Waals surface area (Å²) in [6.07, 6.45) is 4.06. The second kappa shape index (κ2) is 7.18. The van der Waals surface area contributed by atoms with Gasteiger partial charge in [-0.1, -0.05) is 0 Å². The molecule has 3 N–H and O–H groups in total. The zero-order valence-electron chi connectivity index (χ0n) is 10.8. The Balaban J connectivity index is 1.81. The van der Waals surface area contributed by atoms with E-state index in [1.54, 1.807) is 0 Å². The van der Waals surface area contributed by atoms with Crippen LogP contribution in [0.2, 0.25) is 0 Å². The molecule has 1 aliphatic rings. The number of pyridine rings is 1. The summed E-state index contributed by atoms with van der Waals surface area (Å²) in [5.41, 5.74) is 6.53. The van der Waals surface area contributed by atoms with Gasteiger partial charge in [0.25, 0.3) is 0 Å². The van der Waals surface area contributed by atoms with E-state index in [2.05, 4.69) is 27.3 Å². The van der Waals surface area contributed by atoms with Crippen LogP contribution >= 0.6 is 0 Å². The van der Waals surface area contributed by atoms with Crippen LogP contribution in [0.5, 0.6) is 0 Å². The number of nitrogens with one attached hydrogen (secondary N) is 1. The molecule has 18 heavy (non-hydrogen) atoms. The van der Waals surface area contributed by atoms with Crippen LogP contribution in [0.15, 0.2) is 18.3 Å². The minimum absolute atomic E-state index is 0.760. The van der Waals surface area contributed by atoms with Crippen LogP contribution in [-0.2, 0) is 4.74 Å². The van der Waals surface area contributed by atoms with Crippen LogP contribution in [0.25, 0.3) is 0 Å². The molecule has 5 nitrogen and oxygen atoms in total. The molecule has 0 aliphatic carbocycles. The summed E-state index contributed by atoms with van der Waals surface area (Å²) in [5.74, 6) is 1.03. The molecule has 0 saturated carbocycles. The maximum Gasteiger partial charge on any atom is 0.128 e. The van der Waals surface area contributed by atoms with Crippen molar-refractivity contribution in [1.82, 2.24) is 4.98 Å². The van der Waals surface area contributed by atoms with E-state index in [9.17, 15) is 0 Å². The molecule has 0 amide bonds. The largest absolute Gasteiger partial charge is 0.384 e. The van der Waals surface area contributed by atoms with Crippen molar-refractivity contribution in [2.24, 2.45) is 5.73 Å². The normalized spacial score (nSPS) is 15.7. The van der Waals surface area contributed by atoms with Crippen molar-refractivity contribution < 1.29 is 4.74 Å². The molecule has 0 unspecified atom stereocenters. The summed E-state index contributed by atoms with van der Waals surface area (Å²) in [6.45, 7) is 5.15. The van der Waals surface area contributed by atoms with Crippen molar-refractivity contribution in [3.63, 3.8) is 0 Å². The Labute approximate surface area is 108 Å². The molecule has 5 heteroatoms. The van der Waals surface area contributed by atoms with Gasteiger partial charge in [0, 0.05) is 19.6 Å². The van der Waals surface area contributed by atoms with Crippen LogP contribution in [0.1, 0.15) is 12.8 Å². The van der Waals surface area contributed by atoms with E-state index in [1.807, 2.05) is 6.20 Å². The van der Waals surface area contributed by atoms with Gasteiger partial charge in [-0.05, 0) is 31.5 Å². The third-order valence-corrected chi connectivity index (χ3v) is 3.04. The third-order valence-electron chi connectivity index (χ3n) is 3.04. The summed E-state index contributed by atoms with van der Waals surface area (Å²) in [5, 5.41) is 3.35. The molecule has 2 rings (SSSR count). The van der Waals surface area contributed by atoms with Crippen molar-refractivity contribution in [3.05, 3.63) is 18.3 Å². The van der Waals surface area contributed by atoms with Gasteiger partial charge in [-0.2, -0.15) is 0 Å². The van der Waals surface area contributed by atoms with E-state index in [0.29, 0.717) is 0 Å². The lowest BCUT2D eigenvalue weighted by Crippen LogP contribution is -2.36. The van der Waals surface area contributed by atoms with Gasteiger partial charge in [0.05, 0.1) is 25.1 Å². The van der Waals surface area contributed by atoms with Crippen LogP contribution < -0.4 is 16.0 Å². The fourth-order valence-corrected chi connectivity index (χ4v) is 1.97. The summed E-state index contributed by atoms with van der Waals surface area (Å²) < 4.78 is 5.33. The summed E-state index contributed by atoms with van der Waals surface area (Å²) >= 11 is 0. The van der Waals surface area contributed by atoms with E-state index in [-0.39, 0.29) is 0 Å². The maximum atomic E-state index is 5.45. The van der Waals surface area contributed by atoms with Gasteiger partial charge in [0.1, 0.15) is 5.82 Å². The Hall–Kier alpha value is -1.33. The zero-order chi connectivity index (χ0) is 12.6. The van der Waals surface area contributed by atoms with E-state index >= 15 is 0 Å². The summed E-state index contributed by atoms with van der Waals surface area (Å²) in [7, 11) is 0. The molecule has 0 bridgehead atoms. The highest BCUT2D eigenvalue weighted by molar-refractivity contribution is 5.48. The standard InChI is InChI=1S/C13H22N4O/c14-5-1-2-6-15-12-3-4-13(16-11-12)17-7-9-18-10-8-17/h3-4,11,15H,1-2,5-10,14H2. The lowest BCUT2D eigenvalue weighted by Gasteiger charge is -2.27. The van der Waals surface area contributed by atoms with Crippen molar-refractivity contribution in [2.75, 3.05) is 49.6 Å². The fourth-order valence-electron chi connectivity index (χ4n) is 1.97. The van der Waals surface area contributed by atoms with Gasteiger partial charge in [-0.15, -0.1) is 0 Å². The highest BCUT2D eigenvalue weighted by Gasteiger charge is 2.11. The lowest BCUT2D eigenvalue weighted by molar-refractivity contribution is 0.122. The van der Waals surface area contributed by atoms with Crippen molar-refractivity contribution in [3.8, 4) is 0 Å². The number of rotatable bonds is 6. The van der Waals surface area contributed by atoms with Crippen LogP contribution in [0.4, 0.5) is 11.5 Å². The molecule has 1 aromatic heterocycles. The van der Waals surface area contributed by atoms with Gasteiger partial charge >= 0.3 is 0 Å². The quantitative estimate of drug-likeness (QED) is 0.739. The van der Waals surface area contributed by atoms with Gasteiger partial charge in [0.15, 0.2) is 0 Å². The topological polar surface area (TPSA) is 63.4 Å². The van der Waals surface area contributed by atoms with E-state index < -0.39 is 0 Å². The highest BCUT2D eigenvalue weighted by atomic mass is 16.5. The van der Waals surface area contributed by atoms with Crippen LogP contribution in [0.3, 0.4) is 0 Å². The monoisotopic (exact) mass is 250 g/mol. The average Bonchev–Trinajstić information content (AvgIpc) is 2.45. The van der Waals surface area contributed by atoms with Crippen molar-refractivity contribution >= 4 is 11.5 Å². The summed E-state index contributed by atoms with van der Waals surface area (Å²) in [6, 6.07) is 4.15. The highest BCUT2D eigenvalue weighted by Crippen LogP contribution is 2.15. The lowest BCUT2D eigenvalue weighted by atomic mass is 10.3. The molecule has 0 radical (unpaired) electrons. The molecule has 0 aromatic carbocycles. The number of unbranched alkanes of at least 4 members (excludes halogenated alkanes) is 1. The first-order valence-corrected chi connectivity index (χ1v) is 6.63. The minimum atomic E-state index is 0.760.